The summed E-state index contributed by atoms with van der Waals surface area (Å²) in [5, 5.41) is 2.41. The van der Waals surface area contributed by atoms with Crippen molar-refractivity contribution in [3.8, 4) is 5.75 Å². The van der Waals surface area contributed by atoms with Crippen LogP contribution in [-0.2, 0) is 19.3 Å². The summed E-state index contributed by atoms with van der Waals surface area (Å²) in [7, 11) is 0. The molecular weight excluding hydrogens is 428 g/mol. The second kappa shape index (κ2) is 10.1. The molecule has 5 heteroatoms. The van der Waals surface area contributed by atoms with E-state index in [2.05, 4.69) is 48.1 Å². The quantitative estimate of drug-likeness (QED) is 0.242. The minimum absolute atomic E-state index is 0.217. The Morgan fingerprint density at radius 2 is 1.67 bits per heavy atom. The van der Waals surface area contributed by atoms with Gasteiger partial charge in [0.2, 0.25) is 0 Å². The smallest absolute Gasteiger partial charge is 0.403 e. The average Bonchev–Trinajstić information content (AvgIpc) is 2.79. The normalized spacial score (nSPS) is 16.1. The highest BCUT2D eigenvalue weighted by Gasteiger charge is 2.34. The maximum absolute atomic E-state index is 14.6. The van der Waals surface area contributed by atoms with Crippen LogP contribution in [0.15, 0.2) is 48.5 Å². The minimum Gasteiger partial charge on any atom is -0.403 e. The monoisotopic (exact) mass is 458 g/mol. The van der Waals surface area contributed by atoms with Crippen molar-refractivity contribution in [1.29, 1.82) is 0 Å². The van der Waals surface area contributed by atoms with Gasteiger partial charge in [-0.25, -0.2) is 4.39 Å². The van der Waals surface area contributed by atoms with Crippen LogP contribution in [0.1, 0.15) is 73.6 Å². The van der Waals surface area contributed by atoms with E-state index in [9.17, 15) is 17.6 Å². The van der Waals surface area contributed by atoms with Crippen molar-refractivity contribution in [1.82, 2.24) is 0 Å². The first-order valence-electron chi connectivity index (χ1n) is 11.9. The first kappa shape index (κ1) is 23.6. The fourth-order valence-corrected chi connectivity index (χ4v) is 4.93. The number of benzene rings is 3. The molecule has 0 saturated carbocycles. The van der Waals surface area contributed by atoms with Crippen molar-refractivity contribution < 1.29 is 22.3 Å². The maximum atomic E-state index is 14.6. The van der Waals surface area contributed by atoms with E-state index in [1.54, 1.807) is 6.07 Å². The third-order valence-corrected chi connectivity index (χ3v) is 6.71. The number of rotatable bonds is 8. The van der Waals surface area contributed by atoms with Gasteiger partial charge in [-0.05, 0) is 77.1 Å². The predicted octanol–water partition coefficient (Wildman–Crippen LogP) is 8.66. The zero-order chi connectivity index (χ0) is 23.4. The van der Waals surface area contributed by atoms with Gasteiger partial charge in [0.1, 0.15) is 0 Å². The first-order chi connectivity index (χ1) is 15.8. The largest absolute Gasteiger partial charge is 0.573 e. The van der Waals surface area contributed by atoms with E-state index in [0.717, 1.165) is 18.1 Å². The van der Waals surface area contributed by atoms with Crippen LogP contribution < -0.4 is 4.74 Å². The summed E-state index contributed by atoms with van der Waals surface area (Å²) in [5.74, 6) is -1.41. The lowest BCUT2D eigenvalue weighted by molar-refractivity contribution is -0.275. The second-order valence-electron chi connectivity index (χ2n) is 9.11. The number of aryl methyl sites for hydroxylation is 1. The molecule has 1 aliphatic carbocycles. The van der Waals surface area contributed by atoms with Crippen LogP contribution in [0.4, 0.5) is 17.6 Å². The standard InChI is InChI=1S/C28H30F4O/c1-2-3-4-5-6-7-19-8-9-21-17-22(11-10-20(21)16-19)23-12-14-25-24(18-23)13-15-26(27(25)29)33-28(30,31)32/h8-11,13,15-17,23H,2-7,12,14,18H2,1H3. The van der Waals surface area contributed by atoms with Gasteiger partial charge in [-0.2, -0.15) is 0 Å². The Balaban J connectivity index is 1.45. The zero-order valence-electron chi connectivity index (χ0n) is 19.0. The number of fused-ring (bicyclic) bond motifs is 2. The molecule has 0 saturated heterocycles. The van der Waals surface area contributed by atoms with Gasteiger partial charge >= 0.3 is 6.36 Å². The van der Waals surface area contributed by atoms with Crippen LogP contribution >= 0.6 is 0 Å². The number of unbranched alkanes of at least 4 members (excludes halogenated alkanes) is 4. The Labute approximate surface area is 192 Å². The van der Waals surface area contributed by atoms with E-state index in [1.165, 1.54) is 54.0 Å². The van der Waals surface area contributed by atoms with E-state index in [-0.39, 0.29) is 5.92 Å². The Morgan fingerprint density at radius 3 is 2.45 bits per heavy atom. The van der Waals surface area contributed by atoms with Crippen molar-refractivity contribution in [3.63, 3.8) is 0 Å². The summed E-state index contributed by atoms with van der Waals surface area (Å²) in [4.78, 5) is 0. The molecule has 3 aromatic rings. The molecule has 0 N–H and O–H groups in total. The Bertz CT molecular complexity index is 1100. The topological polar surface area (TPSA) is 9.23 Å². The maximum Gasteiger partial charge on any atom is 0.573 e. The average molecular weight is 459 g/mol. The molecular formula is C28H30F4O. The van der Waals surface area contributed by atoms with Crippen molar-refractivity contribution >= 4 is 10.8 Å². The van der Waals surface area contributed by atoms with Crippen LogP contribution in [0.3, 0.4) is 0 Å². The van der Waals surface area contributed by atoms with Crippen molar-refractivity contribution in [2.24, 2.45) is 0 Å². The number of ether oxygens (including phenoxy) is 1. The summed E-state index contributed by atoms with van der Waals surface area (Å²) in [6.45, 7) is 2.23. The number of hydrogen-bond acceptors (Lipinski definition) is 1. The van der Waals surface area contributed by atoms with Gasteiger partial charge in [-0.3, -0.25) is 0 Å². The Hall–Kier alpha value is -2.56. The molecule has 1 aliphatic rings. The van der Waals surface area contributed by atoms with Gasteiger partial charge in [-0.15, -0.1) is 13.2 Å². The van der Waals surface area contributed by atoms with Crippen molar-refractivity contribution in [2.75, 3.05) is 0 Å². The minimum atomic E-state index is -4.90. The van der Waals surface area contributed by atoms with E-state index in [4.69, 9.17) is 0 Å². The lowest BCUT2D eigenvalue weighted by Gasteiger charge is -2.26. The highest BCUT2D eigenvalue weighted by Crippen LogP contribution is 2.38. The molecule has 0 aromatic heterocycles. The van der Waals surface area contributed by atoms with Crippen LogP contribution in [0.5, 0.6) is 5.75 Å². The van der Waals surface area contributed by atoms with Gasteiger partial charge in [0.05, 0.1) is 0 Å². The lowest BCUT2D eigenvalue weighted by atomic mass is 9.79. The Kier molecular flexibility index (Phi) is 7.26. The molecule has 0 spiro atoms. The number of alkyl halides is 3. The molecule has 176 valence electrons. The molecule has 0 amide bonds. The number of hydrogen-bond donors (Lipinski definition) is 0. The van der Waals surface area contributed by atoms with Crippen LogP contribution in [-0.4, -0.2) is 6.36 Å². The summed E-state index contributed by atoms with van der Waals surface area (Å²) >= 11 is 0. The van der Waals surface area contributed by atoms with Gasteiger partial charge in [0.25, 0.3) is 0 Å². The lowest BCUT2D eigenvalue weighted by Crippen LogP contribution is -2.20. The van der Waals surface area contributed by atoms with E-state index in [0.29, 0.717) is 24.8 Å². The Morgan fingerprint density at radius 1 is 0.909 bits per heavy atom. The molecule has 1 nitrogen and oxygen atoms in total. The summed E-state index contributed by atoms with van der Waals surface area (Å²) < 4.78 is 55.9. The molecule has 4 rings (SSSR count). The third-order valence-electron chi connectivity index (χ3n) is 6.71. The molecule has 0 radical (unpaired) electrons. The molecule has 3 aromatic carbocycles. The van der Waals surface area contributed by atoms with E-state index < -0.39 is 17.9 Å². The van der Waals surface area contributed by atoms with Crippen molar-refractivity contribution in [2.45, 2.75) is 77.0 Å². The molecule has 33 heavy (non-hydrogen) atoms. The molecule has 1 unspecified atom stereocenters. The van der Waals surface area contributed by atoms with Crippen LogP contribution in [0, 0.1) is 5.82 Å². The fraction of sp³-hybridized carbons (Fsp3) is 0.429. The van der Waals surface area contributed by atoms with Crippen LogP contribution in [0.25, 0.3) is 10.8 Å². The summed E-state index contributed by atoms with van der Waals surface area (Å²) in [6, 6.07) is 15.8. The summed E-state index contributed by atoms with van der Waals surface area (Å²) in [6.07, 6.45) is 4.28. The van der Waals surface area contributed by atoms with Gasteiger partial charge in [-0.1, -0.05) is 75.1 Å². The third kappa shape index (κ3) is 5.87. The highest BCUT2D eigenvalue weighted by atomic mass is 19.4. The molecule has 0 bridgehead atoms. The van der Waals surface area contributed by atoms with E-state index >= 15 is 0 Å². The summed E-state index contributed by atoms with van der Waals surface area (Å²) in [5.41, 5.74) is 3.66. The van der Waals surface area contributed by atoms with Gasteiger partial charge in [0, 0.05) is 0 Å². The van der Waals surface area contributed by atoms with E-state index in [1.807, 2.05) is 0 Å². The number of halogens is 4. The first-order valence-corrected chi connectivity index (χ1v) is 11.9. The zero-order valence-corrected chi connectivity index (χ0v) is 19.0. The molecule has 0 heterocycles. The second-order valence-corrected chi connectivity index (χ2v) is 9.11. The van der Waals surface area contributed by atoms with Gasteiger partial charge < -0.3 is 4.74 Å². The molecule has 1 atom stereocenters. The predicted molar refractivity (Wildman–Crippen MR) is 124 cm³/mol. The highest BCUT2D eigenvalue weighted by molar-refractivity contribution is 5.84. The SMILES string of the molecule is CCCCCCCc1ccc2cc(C3CCc4c(ccc(OC(F)(F)F)c4F)C3)ccc2c1. The molecule has 0 fully saturated rings. The molecule has 0 aliphatic heterocycles. The van der Waals surface area contributed by atoms with Crippen LogP contribution in [0.2, 0.25) is 0 Å². The fourth-order valence-electron chi connectivity index (χ4n) is 4.93. The van der Waals surface area contributed by atoms with Gasteiger partial charge in [0.15, 0.2) is 11.6 Å². The van der Waals surface area contributed by atoms with Crippen molar-refractivity contribution in [3.05, 3.63) is 76.6 Å².